The van der Waals surface area contributed by atoms with Gasteiger partial charge in [-0.2, -0.15) is 0 Å². The summed E-state index contributed by atoms with van der Waals surface area (Å²) in [5.41, 5.74) is 0.485. The van der Waals surface area contributed by atoms with Crippen molar-refractivity contribution in [2.45, 2.75) is 0 Å². The average Bonchev–Trinajstić information content (AvgIpc) is 2.57. The molecule has 0 aliphatic rings. The van der Waals surface area contributed by atoms with Crippen molar-refractivity contribution in [2.75, 3.05) is 27.3 Å². The Kier molecular flexibility index (Phi) is 6.13. The highest BCUT2D eigenvalue weighted by Crippen LogP contribution is 2.26. The van der Waals surface area contributed by atoms with Crippen LogP contribution in [0.5, 0.6) is 11.5 Å². The highest BCUT2D eigenvalue weighted by Gasteiger charge is 2.13. The fourth-order valence-electron chi connectivity index (χ4n) is 1.98. The standard InChI is InChI=1S/C17H17Cl2NO3/c1-20(17(21)12-7-8-13(18)14(19)11-12)9-10-23-16-6-4-3-5-15(16)22-2/h3-8,11H,9-10H2,1-2H3. The lowest BCUT2D eigenvalue weighted by Crippen LogP contribution is -2.30. The largest absolute Gasteiger partial charge is 0.493 e. The van der Waals surface area contributed by atoms with E-state index in [1.54, 1.807) is 37.3 Å². The minimum Gasteiger partial charge on any atom is -0.493 e. The summed E-state index contributed by atoms with van der Waals surface area (Å²) in [4.78, 5) is 13.9. The van der Waals surface area contributed by atoms with E-state index in [4.69, 9.17) is 32.7 Å². The van der Waals surface area contributed by atoms with Gasteiger partial charge in [-0.1, -0.05) is 35.3 Å². The minimum atomic E-state index is -0.146. The second kappa shape index (κ2) is 8.09. The zero-order valence-corrected chi connectivity index (χ0v) is 14.4. The Balaban J connectivity index is 1.92. The molecule has 0 aliphatic heterocycles. The number of carbonyl (C=O) groups excluding carboxylic acids is 1. The summed E-state index contributed by atoms with van der Waals surface area (Å²) in [5.74, 6) is 1.16. The molecule has 0 atom stereocenters. The summed E-state index contributed by atoms with van der Waals surface area (Å²) in [6.45, 7) is 0.779. The molecule has 0 aliphatic carbocycles. The van der Waals surface area contributed by atoms with Gasteiger partial charge < -0.3 is 14.4 Å². The third kappa shape index (κ3) is 4.53. The second-order valence-electron chi connectivity index (χ2n) is 4.85. The van der Waals surface area contributed by atoms with Gasteiger partial charge in [0.25, 0.3) is 5.91 Å². The van der Waals surface area contributed by atoms with E-state index in [9.17, 15) is 4.79 Å². The summed E-state index contributed by atoms with van der Waals surface area (Å²) in [5, 5.41) is 0.779. The maximum Gasteiger partial charge on any atom is 0.253 e. The zero-order valence-electron chi connectivity index (χ0n) is 12.9. The first-order valence-electron chi connectivity index (χ1n) is 6.99. The number of rotatable bonds is 6. The number of carbonyl (C=O) groups is 1. The molecule has 0 bridgehead atoms. The highest BCUT2D eigenvalue weighted by atomic mass is 35.5. The first-order chi connectivity index (χ1) is 11.0. The van der Waals surface area contributed by atoms with Crippen molar-refractivity contribution in [3.8, 4) is 11.5 Å². The number of amides is 1. The third-order valence-electron chi connectivity index (χ3n) is 3.27. The van der Waals surface area contributed by atoms with Crippen molar-refractivity contribution < 1.29 is 14.3 Å². The van der Waals surface area contributed by atoms with E-state index < -0.39 is 0 Å². The lowest BCUT2D eigenvalue weighted by molar-refractivity contribution is 0.0773. The minimum absolute atomic E-state index is 0.146. The molecule has 6 heteroatoms. The number of nitrogens with zero attached hydrogens (tertiary/aromatic N) is 1. The van der Waals surface area contributed by atoms with Crippen LogP contribution in [-0.2, 0) is 0 Å². The van der Waals surface area contributed by atoms with Gasteiger partial charge in [0.1, 0.15) is 6.61 Å². The van der Waals surface area contributed by atoms with Gasteiger partial charge in [-0.15, -0.1) is 0 Å². The molecule has 1 amide bonds. The Hall–Kier alpha value is -1.91. The van der Waals surface area contributed by atoms with Crippen LogP contribution in [0.3, 0.4) is 0 Å². The Bertz CT molecular complexity index is 691. The fraction of sp³-hybridized carbons (Fsp3) is 0.235. The van der Waals surface area contributed by atoms with Gasteiger partial charge in [0, 0.05) is 12.6 Å². The highest BCUT2D eigenvalue weighted by molar-refractivity contribution is 6.42. The quantitative estimate of drug-likeness (QED) is 0.782. The van der Waals surface area contributed by atoms with Crippen LogP contribution in [0.1, 0.15) is 10.4 Å². The van der Waals surface area contributed by atoms with E-state index in [1.807, 2.05) is 24.3 Å². The van der Waals surface area contributed by atoms with Crippen molar-refractivity contribution in [3.05, 3.63) is 58.1 Å². The van der Waals surface area contributed by atoms with E-state index in [-0.39, 0.29) is 5.91 Å². The van der Waals surface area contributed by atoms with Crippen molar-refractivity contribution in [3.63, 3.8) is 0 Å². The van der Waals surface area contributed by atoms with Crippen LogP contribution in [0.25, 0.3) is 0 Å². The van der Waals surface area contributed by atoms with Crippen molar-refractivity contribution >= 4 is 29.1 Å². The maximum absolute atomic E-state index is 12.3. The molecule has 23 heavy (non-hydrogen) atoms. The van der Waals surface area contributed by atoms with Crippen LogP contribution in [-0.4, -0.2) is 38.1 Å². The summed E-state index contributed by atoms with van der Waals surface area (Å²) >= 11 is 11.8. The van der Waals surface area contributed by atoms with Crippen molar-refractivity contribution in [1.82, 2.24) is 4.90 Å². The van der Waals surface area contributed by atoms with Gasteiger partial charge in [0.05, 0.1) is 23.7 Å². The van der Waals surface area contributed by atoms with E-state index >= 15 is 0 Å². The van der Waals surface area contributed by atoms with Crippen molar-refractivity contribution in [1.29, 1.82) is 0 Å². The second-order valence-corrected chi connectivity index (χ2v) is 5.67. The predicted octanol–water partition coefficient (Wildman–Crippen LogP) is 4.15. The molecule has 0 heterocycles. The number of halogens is 2. The number of ether oxygens (including phenoxy) is 2. The Morgan fingerprint density at radius 2 is 1.78 bits per heavy atom. The van der Waals surface area contributed by atoms with Gasteiger partial charge in [0.2, 0.25) is 0 Å². The van der Waals surface area contributed by atoms with Gasteiger partial charge in [0.15, 0.2) is 11.5 Å². The van der Waals surface area contributed by atoms with Crippen LogP contribution in [0.4, 0.5) is 0 Å². The molecule has 122 valence electrons. The molecular weight excluding hydrogens is 337 g/mol. The van der Waals surface area contributed by atoms with E-state index in [0.29, 0.717) is 40.3 Å². The molecule has 0 radical (unpaired) electrons. The smallest absolute Gasteiger partial charge is 0.253 e. The van der Waals surface area contributed by atoms with Gasteiger partial charge in [-0.05, 0) is 30.3 Å². The lowest BCUT2D eigenvalue weighted by atomic mass is 10.2. The molecule has 0 aromatic heterocycles. The number of hydrogen-bond donors (Lipinski definition) is 0. The summed E-state index contributed by atoms with van der Waals surface area (Å²) in [6, 6.07) is 12.2. The van der Waals surface area contributed by atoms with E-state index in [0.717, 1.165) is 0 Å². The number of hydrogen-bond acceptors (Lipinski definition) is 3. The van der Waals surface area contributed by atoms with E-state index in [1.165, 1.54) is 0 Å². The maximum atomic E-state index is 12.3. The summed E-state index contributed by atoms with van der Waals surface area (Å²) in [6.07, 6.45) is 0. The molecule has 2 rings (SSSR count). The monoisotopic (exact) mass is 353 g/mol. The topological polar surface area (TPSA) is 38.8 Å². The lowest BCUT2D eigenvalue weighted by Gasteiger charge is -2.18. The Morgan fingerprint density at radius 1 is 1.09 bits per heavy atom. The molecule has 0 spiro atoms. The molecule has 0 saturated heterocycles. The van der Waals surface area contributed by atoms with Gasteiger partial charge in [-0.25, -0.2) is 0 Å². The molecule has 2 aromatic carbocycles. The summed E-state index contributed by atoms with van der Waals surface area (Å²) in [7, 11) is 3.29. The third-order valence-corrected chi connectivity index (χ3v) is 4.01. The van der Waals surface area contributed by atoms with Gasteiger partial charge in [-0.3, -0.25) is 4.79 Å². The fourth-order valence-corrected chi connectivity index (χ4v) is 2.28. The van der Waals surface area contributed by atoms with Crippen LogP contribution >= 0.6 is 23.2 Å². The molecule has 0 unspecified atom stereocenters. The number of likely N-dealkylation sites (N-methyl/N-ethyl adjacent to an activating group) is 1. The Labute approximate surface area is 145 Å². The number of benzene rings is 2. The molecule has 0 saturated carbocycles. The normalized spacial score (nSPS) is 10.3. The van der Waals surface area contributed by atoms with Crippen LogP contribution in [0.2, 0.25) is 10.0 Å². The SMILES string of the molecule is COc1ccccc1OCCN(C)C(=O)c1ccc(Cl)c(Cl)c1. The van der Waals surface area contributed by atoms with Gasteiger partial charge >= 0.3 is 0 Å². The predicted molar refractivity (Wildman–Crippen MR) is 91.9 cm³/mol. The van der Waals surface area contributed by atoms with Crippen LogP contribution < -0.4 is 9.47 Å². The van der Waals surface area contributed by atoms with E-state index in [2.05, 4.69) is 0 Å². The average molecular weight is 354 g/mol. The molecular formula is C17H17Cl2NO3. The first kappa shape index (κ1) is 17.4. The zero-order chi connectivity index (χ0) is 16.8. The molecule has 4 nitrogen and oxygen atoms in total. The molecule has 0 fully saturated rings. The number of methoxy groups -OCH3 is 1. The van der Waals surface area contributed by atoms with Crippen LogP contribution in [0.15, 0.2) is 42.5 Å². The Morgan fingerprint density at radius 3 is 2.43 bits per heavy atom. The van der Waals surface area contributed by atoms with Crippen molar-refractivity contribution in [2.24, 2.45) is 0 Å². The molecule has 0 N–H and O–H groups in total. The van der Waals surface area contributed by atoms with Crippen LogP contribution in [0, 0.1) is 0 Å². The molecule has 2 aromatic rings. The first-order valence-corrected chi connectivity index (χ1v) is 7.75. The summed E-state index contributed by atoms with van der Waals surface area (Å²) < 4.78 is 10.9. The number of para-hydroxylation sites is 2.